The highest BCUT2D eigenvalue weighted by atomic mass is 32.2. The van der Waals surface area contributed by atoms with Crippen molar-refractivity contribution in [2.75, 3.05) is 44.3 Å². The quantitative estimate of drug-likeness (QED) is 0.314. The number of ketones is 1. The lowest BCUT2D eigenvalue weighted by atomic mass is 9.97. The van der Waals surface area contributed by atoms with Crippen molar-refractivity contribution in [1.82, 2.24) is 15.2 Å². The van der Waals surface area contributed by atoms with Crippen LogP contribution < -0.4 is 5.32 Å². The molecule has 2 heterocycles. The number of esters is 1. The van der Waals surface area contributed by atoms with Gasteiger partial charge < -0.3 is 10.1 Å². The van der Waals surface area contributed by atoms with Crippen molar-refractivity contribution >= 4 is 29.4 Å². The van der Waals surface area contributed by atoms with E-state index in [2.05, 4.69) is 15.2 Å². The Labute approximate surface area is 177 Å². The van der Waals surface area contributed by atoms with E-state index in [0.29, 0.717) is 30.2 Å². The van der Waals surface area contributed by atoms with Crippen molar-refractivity contribution in [1.29, 1.82) is 0 Å². The summed E-state index contributed by atoms with van der Waals surface area (Å²) in [6.07, 6.45) is 6.87. The molecule has 0 saturated carbocycles. The summed E-state index contributed by atoms with van der Waals surface area (Å²) < 4.78 is 5.41. The van der Waals surface area contributed by atoms with Gasteiger partial charge in [0.25, 0.3) is 0 Å². The summed E-state index contributed by atoms with van der Waals surface area (Å²) >= 11 is 1.54. The van der Waals surface area contributed by atoms with E-state index in [1.165, 1.54) is 32.4 Å². The zero-order valence-corrected chi connectivity index (χ0v) is 17.9. The van der Waals surface area contributed by atoms with Crippen molar-refractivity contribution in [3.05, 3.63) is 30.1 Å². The highest BCUT2D eigenvalue weighted by molar-refractivity contribution is 7.99. The van der Waals surface area contributed by atoms with Gasteiger partial charge in [-0.1, -0.05) is 6.42 Å². The summed E-state index contributed by atoms with van der Waals surface area (Å²) in [5.74, 6) is 0.189. The fourth-order valence-corrected chi connectivity index (χ4v) is 4.19. The molecule has 1 aromatic rings. The van der Waals surface area contributed by atoms with E-state index < -0.39 is 5.92 Å². The smallest absolute Gasteiger partial charge is 0.306 e. The van der Waals surface area contributed by atoms with Crippen molar-refractivity contribution in [3.8, 4) is 0 Å². The van der Waals surface area contributed by atoms with E-state index in [-0.39, 0.29) is 24.1 Å². The topological polar surface area (TPSA) is 88.6 Å². The average Bonchev–Trinajstić information content (AvgIpc) is 2.73. The molecule has 0 spiro atoms. The molecule has 1 unspecified atom stereocenters. The lowest BCUT2D eigenvalue weighted by Crippen LogP contribution is -2.33. The standard InChI is InChI=1S/C21H31N3O4S/c1-17(25)23-8-13-29-16-19(21(27)18-6-5-7-22-15-18)14-20(26)28-12-11-24-9-3-2-4-10-24/h5-7,15,19H,2-4,8-14,16H2,1H3,(H,23,25). The van der Waals surface area contributed by atoms with Crippen molar-refractivity contribution < 1.29 is 19.1 Å². The van der Waals surface area contributed by atoms with Gasteiger partial charge in [-0.05, 0) is 38.1 Å². The van der Waals surface area contributed by atoms with Crippen LogP contribution in [0.3, 0.4) is 0 Å². The van der Waals surface area contributed by atoms with Crippen LogP contribution in [0.2, 0.25) is 0 Å². The average molecular weight is 422 g/mol. The molecular formula is C21H31N3O4S. The van der Waals surface area contributed by atoms with Crippen LogP contribution in [-0.2, 0) is 14.3 Å². The number of hydrogen-bond donors (Lipinski definition) is 1. The van der Waals surface area contributed by atoms with Crippen LogP contribution in [-0.4, -0.2) is 71.8 Å². The van der Waals surface area contributed by atoms with Gasteiger partial charge in [0, 0.05) is 55.4 Å². The van der Waals surface area contributed by atoms with Gasteiger partial charge in [0.2, 0.25) is 5.91 Å². The van der Waals surface area contributed by atoms with Gasteiger partial charge in [0.1, 0.15) is 6.61 Å². The molecule has 2 rings (SSSR count). The van der Waals surface area contributed by atoms with Crippen LogP contribution in [0.4, 0.5) is 0 Å². The Bertz CT molecular complexity index is 651. The number of rotatable bonds is 12. The Morgan fingerprint density at radius 1 is 1.28 bits per heavy atom. The minimum atomic E-state index is -0.469. The molecule has 1 saturated heterocycles. The maximum absolute atomic E-state index is 12.8. The minimum Gasteiger partial charge on any atom is -0.464 e. The highest BCUT2D eigenvalue weighted by Gasteiger charge is 2.24. The summed E-state index contributed by atoms with van der Waals surface area (Å²) in [7, 11) is 0. The summed E-state index contributed by atoms with van der Waals surface area (Å²) in [5.41, 5.74) is 0.501. The van der Waals surface area contributed by atoms with Crippen LogP contribution in [0.5, 0.6) is 0 Å². The number of hydrogen-bond acceptors (Lipinski definition) is 7. The third kappa shape index (κ3) is 9.41. The van der Waals surface area contributed by atoms with Gasteiger partial charge in [-0.15, -0.1) is 0 Å². The highest BCUT2D eigenvalue weighted by Crippen LogP contribution is 2.18. The van der Waals surface area contributed by atoms with Crippen LogP contribution in [0.1, 0.15) is 43.0 Å². The predicted octanol–water partition coefficient (Wildman–Crippen LogP) is 2.17. The monoisotopic (exact) mass is 421 g/mol. The summed E-state index contributed by atoms with van der Waals surface area (Å²) in [6, 6.07) is 3.43. The Hall–Kier alpha value is -1.93. The number of likely N-dealkylation sites (tertiary alicyclic amines) is 1. The number of ether oxygens (including phenoxy) is 1. The fraction of sp³-hybridized carbons (Fsp3) is 0.619. The first kappa shape index (κ1) is 23.3. The Balaban J connectivity index is 1.81. The van der Waals surface area contributed by atoms with Crippen LogP contribution in [0.15, 0.2) is 24.5 Å². The lowest BCUT2D eigenvalue weighted by molar-refractivity contribution is -0.144. The van der Waals surface area contributed by atoms with E-state index in [1.54, 1.807) is 30.1 Å². The van der Waals surface area contributed by atoms with Gasteiger partial charge in [-0.25, -0.2) is 0 Å². The molecular weight excluding hydrogens is 390 g/mol. The molecule has 8 heteroatoms. The first-order valence-electron chi connectivity index (χ1n) is 10.2. The van der Waals surface area contributed by atoms with Crippen LogP contribution >= 0.6 is 11.8 Å². The minimum absolute atomic E-state index is 0.0564. The largest absolute Gasteiger partial charge is 0.464 e. The number of nitrogens with zero attached hydrogens (tertiary/aromatic N) is 2. The number of Topliss-reactive ketones (excluding diaryl/α,β-unsaturated/α-hetero) is 1. The Morgan fingerprint density at radius 2 is 2.07 bits per heavy atom. The summed E-state index contributed by atoms with van der Waals surface area (Å²) in [4.78, 5) is 42.4. The van der Waals surface area contributed by atoms with E-state index >= 15 is 0 Å². The molecule has 7 nitrogen and oxygen atoms in total. The zero-order valence-electron chi connectivity index (χ0n) is 17.1. The molecule has 0 aromatic carbocycles. The normalized spacial score (nSPS) is 15.5. The second-order valence-electron chi connectivity index (χ2n) is 7.19. The third-order valence-electron chi connectivity index (χ3n) is 4.79. The molecule has 160 valence electrons. The van der Waals surface area contributed by atoms with Gasteiger partial charge in [-0.2, -0.15) is 11.8 Å². The van der Waals surface area contributed by atoms with Gasteiger partial charge in [0.05, 0.1) is 6.42 Å². The molecule has 0 bridgehead atoms. The lowest BCUT2D eigenvalue weighted by Gasteiger charge is -2.26. The van der Waals surface area contributed by atoms with Gasteiger partial charge in [-0.3, -0.25) is 24.3 Å². The van der Waals surface area contributed by atoms with E-state index in [4.69, 9.17) is 4.74 Å². The number of carbonyl (C=O) groups excluding carboxylic acids is 3. The van der Waals surface area contributed by atoms with Crippen LogP contribution in [0.25, 0.3) is 0 Å². The maximum Gasteiger partial charge on any atom is 0.306 e. The first-order chi connectivity index (χ1) is 14.1. The number of aromatic nitrogens is 1. The van der Waals surface area contributed by atoms with Gasteiger partial charge in [0.15, 0.2) is 5.78 Å². The van der Waals surface area contributed by atoms with Crippen molar-refractivity contribution in [3.63, 3.8) is 0 Å². The SMILES string of the molecule is CC(=O)NCCSCC(CC(=O)OCCN1CCCCC1)C(=O)c1cccnc1. The van der Waals surface area contributed by atoms with E-state index in [9.17, 15) is 14.4 Å². The van der Waals surface area contributed by atoms with E-state index in [0.717, 1.165) is 19.6 Å². The molecule has 29 heavy (non-hydrogen) atoms. The van der Waals surface area contributed by atoms with Crippen LogP contribution in [0, 0.1) is 5.92 Å². The second kappa shape index (κ2) is 13.3. The molecule has 0 aliphatic carbocycles. The third-order valence-corrected chi connectivity index (χ3v) is 5.92. The second-order valence-corrected chi connectivity index (χ2v) is 8.34. The predicted molar refractivity (Wildman–Crippen MR) is 114 cm³/mol. The fourth-order valence-electron chi connectivity index (χ4n) is 3.23. The number of amides is 1. The summed E-state index contributed by atoms with van der Waals surface area (Å²) in [5, 5.41) is 2.73. The molecule has 1 amide bonds. The Morgan fingerprint density at radius 3 is 2.76 bits per heavy atom. The first-order valence-corrected chi connectivity index (χ1v) is 11.4. The number of pyridine rings is 1. The van der Waals surface area contributed by atoms with Gasteiger partial charge >= 0.3 is 5.97 Å². The van der Waals surface area contributed by atoms with Crippen molar-refractivity contribution in [2.24, 2.45) is 5.92 Å². The molecule has 1 aliphatic heterocycles. The zero-order chi connectivity index (χ0) is 20.9. The van der Waals surface area contributed by atoms with E-state index in [1.807, 2.05) is 0 Å². The molecule has 1 atom stereocenters. The maximum atomic E-state index is 12.8. The number of nitrogens with one attached hydrogen (secondary N) is 1. The Kier molecular flexibility index (Phi) is 10.7. The number of carbonyl (C=O) groups is 3. The number of piperidine rings is 1. The molecule has 1 aliphatic rings. The molecule has 1 aromatic heterocycles. The molecule has 0 radical (unpaired) electrons. The number of thioether (sulfide) groups is 1. The molecule has 1 fully saturated rings. The molecule has 1 N–H and O–H groups in total. The summed E-state index contributed by atoms with van der Waals surface area (Å²) in [6.45, 7) is 5.24. The van der Waals surface area contributed by atoms with Crippen molar-refractivity contribution in [2.45, 2.75) is 32.6 Å².